The highest BCUT2D eigenvalue weighted by molar-refractivity contribution is 6.30. The van der Waals surface area contributed by atoms with Crippen molar-refractivity contribution in [2.45, 2.75) is 52.4 Å². The highest BCUT2D eigenvalue weighted by atomic mass is 35.5. The Morgan fingerprint density at radius 1 is 0.821 bits per heavy atom. The summed E-state index contributed by atoms with van der Waals surface area (Å²) in [5.74, 6) is 0.996. The van der Waals surface area contributed by atoms with Crippen LogP contribution in [0.4, 0.5) is 0 Å². The predicted octanol–water partition coefficient (Wildman–Crippen LogP) is 7.16. The van der Waals surface area contributed by atoms with Gasteiger partial charge in [-0.3, -0.25) is 0 Å². The Kier molecular flexibility index (Phi) is 5.49. The third-order valence-electron chi connectivity index (χ3n) is 4.62. The lowest BCUT2D eigenvalue weighted by atomic mass is 9.79. The first-order valence-electron chi connectivity index (χ1n) is 9.46. The zero-order valence-electron chi connectivity index (χ0n) is 17.4. The third kappa shape index (κ3) is 4.90. The van der Waals surface area contributed by atoms with Gasteiger partial charge in [0.15, 0.2) is 0 Å². The van der Waals surface area contributed by atoms with E-state index in [0.717, 1.165) is 11.1 Å². The number of rotatable bonds is 3. The van der Waals surface area contributed by atoms with Crippen molar-refractivity contribution >= 4 is 23.8 Å². The minimum absolute atomic E-state index is 0.0331. The molecule has 0 aliphatic carbocycles. The molecule has 0 aliphatic rings. The zero-order valence-corrected chi connectivity index (χ0v) is 18.1. The monoisotopic (exact) mass is 394 g/mol. The van der Waals surface area contributed by atoms with Crippen LogP contribution in [0.15, 0.2) is 46.9 Å². The summed E-state index contributed by atoms with van der Waals surface area (Å²) in [6.07, 6.45) is 3.72. The van der Waals surface area contributed by atoms with Gasteiger partial charge >= 0.3 is 0 Å². The Morgan fingerprint density at radius 2 is 1.46 bits per heavy atom. The molecule has 3 aromatic rings. The first kappa shape index (κ1) is 20.3. The van der Waals surface area contributed by atoms with E-state index in [1.54, 1.807) is 6.08 Å². The quantitative estimate of drug-likeness (QED) is 0.473. The molecule has 28 heavy (non-hydrogen) atoms. The number of hydrogen-bond donors (Lipinski definition) is 0. The van der Waals surface area contributed by atoms with Crippen LogP contribution in [0.5, 0.6) is 0 Å². The third-order valence-corrected chi connectivity index (χ3v) is 4.85. The fraction of sp³-hybridized carbons (Fsp3) is 0.333. The van der Waals surface area contributed by atoms with E-state index in [0.29, 0.717) is 16.8 Å². The second-order valence-electron chi connectivity index (χ2n) is 9.13. The maximum atomic E-state index is 6.03. The maximum Gasteiger partial charge on any atom is 0.248 e. The summed E-state index contributed by atoms with van der Waals surface area (Å²) < 4.78 is 5.91. The van der Waals surface area contributed by atoms with E-state index in [2.05, 4.69) is 69.9 Å². The largest absolute Gasteiger partial charge is 0.417 e. The van der Waals surface area contributed by atoms with Gasteiger partial charge < -0.3 is 4.42 Å². The summed E-state index contributed by atoms with van der Waals surface area (Å²) in [5.41, 5.74) is 4.51. The molecule has 0 saturated heterocycles. The molecular formula is C24H27ClN2O. The van der Waals surface area contributed by atoms with Gasteiger partial charge in [-0.05, 0) is 57.9 Å². The average molecular weight is 395 g/mol. The van der Waals surface area contributed by atoms with Crippen LogP contribution in [0.1, 0.15) is 64.1 Å². The number of nitrogens with zero attached hydrogens (tertiary/aromatic N) is 2. The number of benzene rings is 2. The normalized spacial score (nSPS) is 12.7. The molecule has 2 aromatic carbocycles. The van der Waals surface area contributed by atoms with Gasteiger partial charge in [-0.1, -0.05) is 71.3 Å². The van der Waals surface area contributed by atoms with Gasteiger partial charge in [0.05, 0.1) is 0 Å². The molecule has 0 spiro atoms. The average Bonchev–Trinajstić information content (AvgIpc) is 3.07. The second-order valence-corrected chi connectivity index (χ2v) is 9.57. The highest BCUT2D eigenvalue weighted by Crippen LogP contribution is 2.33. The molecule has 3 nitrogen and oxygen atoms in total. The van der Waals surface area contributed by atoms with Crippen LogP contribution in [-0.2, 0) is 10.8 Å². The van der Waals surface area contributed by atoms with Crippen LogP contribution < -0.4 is 0 Å². The molecular weight excluding hydrogens is 368 g/mol. The number of halogens is 1. The SMILES string of the molecule is CC(C)(C)c1cc(-c2nnc(/C=C/c3cccc(Cl)c3)o2)cc(C(C)(C)C)c1. The van der Waals surface area contributed by atoms with Crippen molar-refractivity contribution in [1.82, 2.24) is 10.2 Å². The van der Waals surface area contributed by atoms with Gasteiger partial charge in [-0.2, -0.15) is 0 Å². The standard InChI is InChI=1S/C24H27ClN2O/c1-23(2,3)18-13-17(14-19(15-18)24(4,5)6)22-27-26-21(28-22)11-10-16-8-7-9-20(25)12-16/h7-15H,1-6H3/b11-10+. The van der Waals surface area contributed by atoms with Gasteiger partial charge in [0.1, 0.15) is 0 Å². The fourth-order valence-electron chi connectivity index (χ4n) is 2.81. The Morgan fingerprint density at radius 3 is 2.04 bits per heavy atom. The summed E-state index contributed by atoms with van der Waals surface area (Å²) in [7, 11) is 0. The molecule has 4 heteroatoms. The maximum absolute atomic E-state index is 6.03. The van der Waals surface area contributed by atoms with Crippen LogP contribution in [0.25, 0.3) is 23.6 Å². The van der Waals surface area contributed by atoms with Gasteiger partial charge in [-0.25, -0.2) is 0 Å². The summed E-state index contributed by atoms with van der Waals surface area (Å²) in [5, 5.41) is 9.14. The van der Waals surface area contributed by atoms with Gasteiger partial charge in [0.2, 0.25) is 11.8 Å². The fourth-order valence-corrected chi connectivity index (χ4v) is 3.01. The van der Waals surface area contributed by atoms with Crippen molar-refractivity contribution in [2.75, 3.05) is 0 Å². The molecule has 0 unspecified atom stereocenters. The number of aromatic nitrogens is 2. The Hall–Kier alpha value is -2.39. The van der Waals surface area contributed by atoms with Crippen LogP contribution >= 0.6 is 11.6 Å². The second kappa shape index (κ2) is 7.56. The van der Waals surface area contributed by atoms with E-state index in [1.165, 1.54) is 11.1 Å². The molecule has 0 amide bonds. The van der Waals surface area contributed by atoms with Crippen LogP contribution in [-0.4, -0.2) is 10.2 Å². The Balaban J connectivity index is 1.96. The molecule has 146 valence electrons. The lowest BCUT2D eigenvalue weighted by Crippen LogP contribution is -2.16. The summed E-state index contributed by atoms with van der Waals surface area (Å²) in [6, 6.07) is 14.2. The zero-order chi connectivity index (χ0) is 20.5. The summed E-state index contributed by atoms with van der Waals surface area (Å²) in [6.45, 7) is 13.3. The van der Waals surface area contributed by atoms with E-state index >= 15 is 0 Å². The molecule has 0 N–H and O–H groups in total. The summed E-state index contributed by atoms with van der Waals surface area (Å²) in [4.78, 5) is 0. The number of hydrogen-bond acceptors (Lipinski definition) is 3. The molecule has 0 atom stereocenters. The molecule has 0 radical (unpaired) electrons. The lowest BCUT2D eigenvalue weighted by Gasteiger charge is -2.25. The van der Waals surface area contributed by atoms with Crippen molar-refractivity contribution < 1.29 is 4.42 Å². The van der Waals surface area contributed by atoms with E-state index in [1.807, 2.05) is 30.3 Å². The molecule has 0 aliphatic heterocycles. The molecule has 3 rings (SSSR count). The van der Waals surface area contributed by atoms with Crippen molar-refractivity contribution in [3.8, 4) is 11.5 Å². The summed E-state index contributed by atoms with van der Waals surface area (Å²) >= 11 is 6.03. The van der Waals surface area contributed by atoms with Gasteiger partial charge in [-0.15, -0.1) is 10.2 Å². The first-order valence-corrected chi connectivity index (χ1v) is 9.84. The Bertz CT molecular complexity index is 972. The van der Waals surface area contributed by atoms with E-state index in [-0.39, 0.29) is 10.8 Å². The van der Waals surface area contributed by atoms with Crippen LogP contribution in [0.3, 0.4) is 0 Å². The van der Waals surface area contributed by atoms with Crippen molar-refractivity contribution in [1.29, 1.82) is 0 Å². The van der Waals surface area contributed by atoms with Crippen LogP contribution in [0, 0.1) is 0 Å². The lowest BCUT2D eigenvalue weighted by molar-refractivity contribution is 0.552. The topological polar surface area (TPSA) is 38.9 Å². The molecule has 0 fully saturated rings. The van der Waals surface area contributed by atoms with Crippen LogP contribution in [0.2, 0.25) is 5.02 Å². The predicted molar refractivity (Wildman–Crippen MR) is 118 cm³/mol. The molecule has 0 saturated carbocycles. The minimum atomic E-state index is 0.0331. The van der Waals surface area contributed by atoms with Crippen molar-refractivity contribution in [3.05, 3.63) is 70.1 Å². The van der Waals surface area contributed by atoms with E-state index in [9.17, 15) is 0 Å². The molecule has 1 aromatic heterocycles. The van der Waals surface area contributed by atoms with Gasteiger partial charge in [0, 0.05) is 16.7 Å². The molecule has 0 bridgehead atoms. The van der Waals surface area contributed by atoms with Crippen molar-refractivity contribution in [2.24, 2.45) is 0 Å². The van der Waals surface area contributed by atoms with E-state index in [4.69, 9.17) is 16.0 Å². The van der Waals surface area contributed by atoms with E-state index < -0.39 is 0 Å². The van der Waals surface area contributed by atoms with Gasteiger partial charge in [0.25, 0.3) is 0 Å². The highest BCUT2D eigenvalue weighted by Gasteiger charge is 2.22. The first-order chi connectivity index (χ1) is 13.0. The minimum Gasteiger partial charge on any atom is -0.417 e. The molecule has 1 heterocycles. The smallest absolute Gasteiger partial charge is 0.248 e. The van der Waals surface area contributed by atoms with Crippen molar-refractivity contribution in [3.63, 3.8) is 0 Å². The Labute approximate surface area is 172 Å².